The van der Waals surface area contributed by atoms with E-state index in [9.17, 15) is 9.90 Å². The summed E-state index contributed by atoms with van der Waals surface area (Å²) >= 11 is 0. The molecule has 0 aliphatic heterocycles. The van der Waals surface area contributed by atoms with Gasteiger partial charge in [-0.05, 0) is 11.6 Å². The van der Waals surface area contributed by atoms with Crippen LogP contribution in [-0.4, -0.2) is 16.2 Å². The summed E-state index contributed by atoms with van der Waals surface area (Å²) in [6.45, 7) is 3.30. The number of hydrogen-bond donors (Lipinski definition) is 2. The molecule has 1 atom stereocenters. The largest absolute Gasteiger partial charge is 0.479 e. The van der Waals surface area contributed by atoms with Gasteiger partial charge >= 0.3 is 5.97 Å². The molecule has 3 heteroatoms. The van der Waals surface area contributed by atoms with Crippen molar-refractivity contribution in [3.05, 3.63) is 48.6 Å². The zero-order valence-corrected chi connectivity index (χ0v) is 6.97. The molecule has 0 fully saturated rings. The van der Waals surface area contributed by atoms with E-state index in [1.807, 2.05) is 0 Å². The highest BCUT2D eigenvalue weighted by Gasteiger charge is 2.34. The molecule has 0 amide bonds. The molecule has 2 N–H and O–H groups in total. The molecule has 0 aliphatic carbocycles. The van der Waals surface area contributed by atoms with Gasteiger partial charge in [-0.2, -0.15) is 0 Å². The summed E-state index contributed by atoms with van der Waals surface area (Å²) in [5, 5.41) is 18.4. The Balaban J connectivity index is 3.18. The van der Waals surface area contributed by atoms with Crippen LogP contribution in [0.5, 0.6) is 0 Å². The van der Waals surface area contributed by atoms with Crippen molar-refractivity contribution in [3.63, 3.8) is 0 Å². The maximum atomic E-state index is 10.7. The fraction of sp³-hybridized carbons (Fsp3) is 0.100. The molecule has 0 bridgehead atoms. The van der Waals surface area contributed by atoms with E-state index in [0.29, 0.717) is 5.56 Å². The lowest BCUT2D eigenvalue weighted by Gasteiger charge is -2.18. The van der Waals surface area contributed by atoms with Gasteiger partial charge in [-0.15, -0.1) is 0 Å². The topological polar surface area (TPSA) is 57.5 Å². The van der Waals surface area contributed by atoms with Crippen molar-refractivity contribution in [2.75, 3.05) is 0 Å². The minimum absolute atomic E-state index is 0.303. The molecule has 0 heterocycles. The third kappa shape index (κ3) is 1.60. The van der Waals surface area contributed by atoms with Crippen LogP contribution < -0.4 is 0 Å². The van der Waals surface area contributed by atoms with E-state index < -0.39 is 11.6 Å². The van der Waals surface area contributed by atoms with E-state index in [0.717, 1.165) is 6.08 Å². The Hall–Kier alpha value is -1.61. The van der Waals surface area contributed by atoms with Crippen LogP contribution in [0.25, 0.3) is 0 Å². The van der Waals surface area contributed by atoms with Crippen LogP contribution in [0.2, 0.25) is 0 Å². The highest BCUT2D eigenvalue weighted by atomic mass is 16.4. The lowest BCUT2D eigenvalue weighted by Crippen LogP contribution is -2.32. The molecule has 1 unspecified atom stereocenters. The molecular weight excluding hydrogens is 168 g/mol. The average Bonchev–Trinajstić information content (AvgIpc) is 2.17. The van der Waals surface area contributed by atoms with Crippen molar-refractivity contribution in [2.24, 2.45) is 0 Å². The van der Waals surface area contributed by atoms with Gasteiger partial charge in [0.05, 0.1) is 0 Å². The summed E-state index contributed by atoms with van der Waals surface area (Å²) in [4.78, 5) is 10.7. The van der Waals surface area contributed by atoms with Gasteiger partial charge in [0, 0.05) is 0 Å². The minimum atomic E-state index is -1.98. The van der Waals surface area contributed by atoms with Crippen molar-refractivity contribution >= 4 is 5.97 Å². The first-order valence-electron chi connectivity index (χ1n) is 3.76. The second kappa shape index (κ2) is 3.41. The van der Waals surface area contributed by atoms with Crippen LogP contribution in [0.1, 0.15) is 5.56 Å². The van der Waals surface area contributed by atoms with Crippen LogP contribution in [0.15, 0.2) is 43.0 Å². The van der Waals surface area contributed by atoms with Crippen LogP contribution in [0, 0.1) is 0 Å². The Labute approximate surface area is 76.0 Å². The molecule has 1 aromatic carbocycles. The first-order valence-corrected chi connectivity index (χ1v) is 3.76. The average molecular weight is 178 g/mol. The summed E-state index contributed by atoms with van der Waals surface area (Å²) in [5.41, 5.74) is -1.68. The fourth-order valence-corrected chi connectivity index (χ4v) is 1.02. The molecule has 0 aromatic heterocycles. The third-order valence-corrected chi connectivity index (χ3v) is 1.84. The molecule has 1 aromatic rings. The first kappa shape index (κ1) is 9.48. The van der Waals surface area contributed by atoms with E-state index in [2.05, 4.69) is 6.58 Å². The van der Waals surface area contributed by atoms with Crippen LogP contribution in [0.4, 0.5) is 0 Å². The molecule has 0 saturated carbocycles. The van der Waals surface area contributed by atoms with Gasteiger partial charge in [-0.25, -0.2) is 4.79 Å². The Bertz CT molecular complexity index is 318. The van der Waals surface area contributed by atoms with Crippen LogP contribution >= 0.6 is 0 Å². The Kier molecular flexibility index (Phi) is 2.49. The number of aliphatic hydroxyl groups is 1. The quantitative estimate of drug-likeness (QED) is 0.682. The Morgan fingerprint density at radius 2 is 1.92 bits per heavy atom. The molecule has 0 spiro atoms. The second-order valence-corrected chi connectivity index (χ2v) is 2.64. The summed E-state index contributed by atoms with van der Waals surface area (Å²) in [5.74, 6) is -1.33. The monoisotopic (exact) mass is 178 g/mol. The number of hydrogen-bond acceptors (Lipinski definition) is 2. The van der Waals surface area contributed by atoms with E-state index in [1.54, 1.807) is 18.2 Å². The van der Waals surface area contributed by atoms with Crippen molar-refractivity contribution in [3.8, 4) is 0 Å². The lowest BCUT2D eigenvalue weighted by atomic mass is 9.94. The van der Waals surface area contributed by atoms with E-state index in [4.69, 9.17) is 5.11 Å². The Morgan fingerprint density at radius 1 is 1.38 bits per heavy atom. The standard InChI is InChI=1S/C10H10O3/c1-2-10(13,9(11)12)8-6-4-3-5-7-8/h2-7,13H,1H2,(H,11,12). The zero-order chi connectivity index (χ0) is 9.90. The van der Waals surface area contributed by atoms with Crippen molar-refractivity contribution in [1.82, 2.24) is 0 Å². The summed E-state index contributed by atoms with van der Waals surface area (Å²) < 4.78 is 0. The zero-order valence-electron chi connectivity index (χ0n) is 6.97. The lowest BCUT2D eigenvalue weighted by molar-refractivity contribution is -0.154. The molecule has 0 saturated heterocycles. The van der Waals surface area contributed by atoms with E-state index >= 15 is 0 Å². The number of carboxylic acid groups (broad SMARTS) is 1. The predicted octanol–water partition coefficient (Wildman–Crippen LogP) is 1.14. The van der Waals surface area contributed by atoms with Crippen molar-refractivity contribution < 1.29 is 15.0 Å². The third-order valence-electron chi connectivity index (χ3n) is 1.84. The highest BCUT2D eigenvalue weighted by Crippen LogP contribution is 2.21. The SMILES string of the molecule is C=CC(O)(C(=O)O)c1ccccc1. The van der Waals surface area contributed by atoms with Gasteiger partial charge in [0.2, 0.25) is 5.60 Å². The van der Waals surface area contributed by atoms with Gasteiger partial charge in [0.1, 0.15) is 0 Å². The molecule has 3 nitrogen and oxygen atoms in total. The number of carboxylic acids is 1. The van der Waals surface area contributed by atoms with Gasteiger partial charge in [0.15, 0.2) is 0 Å². The maximum Gasteiger partial charge on any atom is 0.344 e. The smallest absolute Gasteiger partial charge is 0.344 e. The van der Waals surface area contributed by atoms with Gasteiger partial charge in [-0.1, -0.05) is 36.9 Å². The number of carbonyl (C=O) groups is 1. The number of rotatable bonds is 3. The van der Waals surface area contributed by atoms with Gasteiger partial charge < -0.3 is 10.2 Å². The summed E-state index contributed by atoms with van der Waals surface area (Å²) in [6.07, 6.45) is 1.00. The van der Waals surface area contributed by atoms with E-state index in [-0.39, 0.29) is 0 Å². The summed E-state index contributed by atoms with van der Waals surface area (Å²) in [6, 6.07) is 8.14. The molecule has 13 heavy (non-hydrogen) atoms. The minimum Gasteiger partial charge on any atom is -0.479 e. The van der Waals surface area contributed by atoms with E-state index in [1.165, 1.54) is 12.1 Å². The maximum absolute atomic E-state index is 10.7. The number of benzene rings is 1. The normalized spacial score (nSPS) is 14.5. The van der Waals surface area contributed by atoms with Crippen molar-refractivity contribution in [2.45, 2.75) is 5.60 Å². The molecule has 0 aliphatic rings. The molecule has 0 radical (unpaired) electrons. The van der Waals surface area contributed by atoms with Crippen molar-refractivity contribution in [1.29, 1.82) is 0 Å². The summed E-state index contributed by atoms with van der Waals surface area (Å²) in [7, 11) is 0. The van der Waals surface area contributed by atoms with Crippen LogP contribution in [-0.2, 0) is 10.4 Å². The second-order valence-electron chi connectivity index (χ2n) is 2.64. The Morgan fingerprint density at radius 3 is 2.31 bits per heavy atom. The highest BCUT2D eigenvalue weighted by molar-refractivity contribution is 5.81. The molecular formula is C10H10O3. The predicted molar refractivity (Wildman–Crippen MR) is 48.2 cm³/mol. The van der Waals surface area contributed by atoms with Gasteiger partial charge in [0.25, 0.3) is 0 Å². The number of aliphatic carboxylic acids is 1. The first-order chi connectivity index (χ1) is 6.11. The fourth-order valence-electron chi connectivity index (χ4n) is 1.02. The van der Waals surface area contributed by atoms with Gasteiger partial charge in [-0.3, -0.25) is 0 Å². The molecule has 68 valence electrons. The van der Waals surface area contributed by atoms with Crippen LogP contribution in [0.3, 0.4) is 0 Å². The molecule has 1 rings (SSSR count).